The lowest BCUT2D eigenvalue weighted by molar-refractivity contribution is -0.151. The Morgan fingerprint density at radius 2 is 0.903 bits per heavy atom. The summed E-state index contributed by atoms with van der Waals surface area (Å²) in [6, 6.07) is -0.730. The van der Waals surface area contributed by atoms with Crippen molar-refractivity contribution in [3.8, 4) is 0 Å². The standard InChI is InChI=1S/C56H97NO5/c1-4-7-10-13-16-19-22-24-26-27-29-31-34-37-40-43-46-49-56(61)62-52(47-44-41-38-35-33-30-28-25-23-20-17-14-11-8-5-2)50-55(60)57-53(51-58)54(59)48-45-42-39-36-32-21-18-15-12-9-6-3/h8,11,14,17,20,23-26,28,30,33,35,38,52-54,58-59H,4-7,9-10,12-13,15-16,18-19,21-22,27,29,31-32,34,36-37,39-51H2,1-3H3,(H,57,60)/b11-8-,17-14+,23-20+,26-24+,28-25-,33-30+,38-35+. The SMILES string of the molecule is CC\C=C/C=C/C=C/C=C\C=C\C=C\CCCC(CC(=O)NC(CO)C(O)CCCCCCCCCCCCC)OC(=O)CCCCCCCCC/C=C/CCCCCCCC. The number of rotatable bonds is 45. The number of allylic oxidation sites excluding steroid dienone is 14. The molecule has 0 aromatic carbocycles. The Morgan fingerprint density at radius 3 is 1.39 bits per heavy atom. The minimum absolute atomic E-state index is 0.0215. The molecule has 0 aliphatic heterocycles. The van der Waals surface area contributed by atoms with Crippen LogP contribution in [0.25, 0.3) is 0 Å². The maximum absolute atomic E-state index is 13.2. The molecule has 0 saturated carbocycles. The van der Waals surface area contributed by atoms with Crippen LogP contribution in [0.15, 0.2) is 85.1 Å². The molecule has 0 aromatic rings. The van der Waals surface area contributed by atoms with Crippen molar-refractivity contribution in [2.24, 2.45) is 0 Å². The minimum atomic E-state index is -0.811. The van der Waals surface area contributed by atoms with Gasteiger partial charge in [0.2, 0.25) is 5.91 Å². The molecule has 0 heterocycles. The smallest absolute Gasteiger partial charge is 0.306 e. The van der Waals surface area contributed by atoms with E-state index >= 15 is 0 Å². The Balaban J connectivity index is 4.72. The van der Waals surface area contributed by atoms with Crippen LogP contribution in [0.5, 0.6) is 0 Å². The molecule has 3 unspecified atom stereocenters. The highest BCUT2D eigenvalue weighted by atomic mass is 16.5. The second-order valence-corrected chi connectivity index (χ2v) is 17.3. The van der Waals surface area contributed by atoms with E-state index in [0.29, 0.717) is 19.3 Å². The average Bonchev–Trinajstić information content (AvgIpc) is 3.26. The zero-order valence-electron chi connectivity index (χ0n) is 40.5. The lowest BCUT2D eigenvalue weighted by Gasteiger charge is -2.24. The molecule has 0 saturated heterocycles. The van der Waals surface area contributed by atoms with Gasteiger partial charge in [-0.05, 0) is 64.2 Å². The van der Waals surface area contributed by atoms with Gasteiger partial charge in [0.25, 0.3) is 0 Å². The van der Waals surface area contributed by atoms with E-state index in [-0.39, 0.29) is 24.9 Å². The zero-order chi connectivity index (χ0) is 45.2. The van der Waals surface area contributed by atoms with Crippen LogP contribution in [-0.4, -0.2) is 46.9 Å². The summed E-state index contributed by atoms with van der Waals surface area (Å²) in [5.74, 6) is -0.557. The number of aliphatic hydroxyl groups is 2. The van der Waals surface area contributed by atoms with Crippen LogP contribution >= 0.6 is 0 Å². The fraction of sp³-hybridized carbons (Fsp3) is 0.714. The van der Waals surface area contributed by atoms with Crippen molar-refractivity contribution in [2.75, 3.05) is 6.61 Å². The Hall–Kier alpha value is -2.96. The van der Waals surface area contributed by atoms with Gasteiger partial charge < -0.3 is 20.3 Å². The van der Waals surface area contributed by atoms with Crippen LogP contribution < -0.4 is 5.32 Å². The Morgan fingerprint density at radius 1 is 0.484 bits per heavy atom. The maximum atomic E-state index is 13.2. The number of unbranched alkanes of at least 4 members (excludes halogenated alkanes) is 24. The largest absolute Gasteiger partial charge is 0.462 e. The third-order valence-electron chi connectivity index (χ3n) is 11.4. The number of hydrogen-bond donors (Lipinski definition) is 3. The summed E-state index contributed by atoms with van der Waals surface area (Å²) >= 11 is 0. The van der Waals surface area contributed by atoms with Crippen LogP contribution in [0.4, 0.5) is 0 Å². The van der Waals surface area contributed by atoms with E-state index in [2.05, 4.69) is 50.4 Å². The second-order valence-electron chi connectivity index (χ2n) is 17.3. The molecule has 0 bridgehead atoms. The molecule has 1 amide bonds. The monoisotopic (exact) mass is 864 g/mol. The quantitative estimate of drug-likeness (QED) is 0.0245. The number of amides is 1. The lowest BCUT2D eigenvalue weighted by Crippen LogP contribution is -2.46. The average molecular weight is 864 g/mol. The predicted octanol–water partition coefficient (Wildman–Crippen LogP) is 15.6. The van der Waals surface area contributed by atoms with Gasteiger partial charge in [-0.1, -0.05) is 241 Å². The number of carbonyl (C=O) groups excluding carboxylic acids is 2. The number of nitrogens with one attached hydrogen (secondary N) is 1. The Kier molecular flexibility index (Phi) is 46.7. The van der Waals surface area contributed by atoms with Gasteiger partial charge in [0.15, 0.2) is 0 Å². The first-order chi connectivity index (χ1) is 30.5. The molecule has 0 fully saturated rings. The van der Waals surface area contributed by atoms with Gasteiger partial charge in [-0.2, -0.15) is 0 Å². The van der Waals surface area contributed by atoms with Crippen LogP contribution in [0.3, 0.4) is 0 Å². The van der Waals surface area contributed by atoms with Gasteiger partial charge in [-0.3, -0.25) is 9.59 Å². The molecule has 0 rings (SSSR count). The zero-order valence-corrected chi connectivity index (χ0v) is 40.5. The molecular weight excluding hydrogens is 767 g/mol. The summed E-state index contributed by atoms with van der Waals surface area (Å²) in [6.07, 6.45) is 63.6. The molecular formula is C56H97NO5. The minimum Gasteiger partial charge on any atom is -0.462 e. The van der Waals surface area contributed by atoms with E-state index in [1.54, 1.807) is 0 Å². The van der Waals surface area contributed by atoms with Crippen molar-refractivity contribution in [3.63, 3.8) is 0 Å². The molecule has 356 valence electrons. The fourth-order valence-corrected chi connectivity index (χ4v) is 7.46. The predicted molar refractivity (Wildman–Crippen MR) is 268 cm³/mol. The molecule has 0 aliphatic carbocycles. The molecule has 62 heavy (non-hydrogen) atoms. The van der Waals surface area contributed by atoms with Gasteiger partial charge in [0, 0.05) is 6.42 Å². The van der Waals surface area contributed by atoms with Crippen molar-refractivity contribution < 1.29 is 24.5 Å². The van der Waals surface area contributed by atoms with Crippen molar-refractivity contribution in [3.05, 3.63) is 85.1 Å². The van der Waals surface area contributed by atoms with Gasteiger partial charge in [-0.25, -0.2) is 0 Å². The maximum Gasteiger partial charge on any atom is 0.306 e. The summed E-state index contributed by atoms with van der Waals surface area (Å²) in [5.41, 5.74) is 0. The van der Waals surface area contributed by atoms with Gasteiger partial charge >= 0.3 is 5.97 Å². The number of hydrogen-bond acceptors (Lipinski definition) is 5. The highest BCUT2D eigenvalue weighted by Crippen LogP contribution is 2.17. The number of carbonyl (C=O) groups is 2. The third-order valence-corrected chi connectivity index (χ3v) is 11.4. The van der Waals surface area contributed by atoms with E-state index in [0.717, 1.165) is 57.8 Å². The lowest BCUT2D eigenvalue weighted by atomic mass is 10.0. The molecule has 6 nitrogen and oxygen atoms in total. The molecule has 0 radical (unpaired) electrons. The molecule has 3 N–H and O–H groups in total. The van der Waals surface area contributed by atoms with Crippen LogP contribution in [0, 0.1) is 0 Å². The van der Waals surface area contributed by atoms with E-state index in [9.17, 15) is 19.8 Å². The first-order valence-corrected chi connectivity index (χ1v) is 25.9. The van der Waals surface area contributed by atoms with Gasteiger partial charge in [0.05, 0.1) is 25.2 Å². The third kappa shape index (κ3) is 43.7. The summed E-state index contributed by atoms with van der Waals surface area (Å²) in [4.78, 5) is 26.1. The van der Waals surface area contributed by atoms with E-state index in [1.807, 2.05) is 60.8 Å². The molecule has 0 spiro atoms. The summed E-state index contributed by atoms with van der Waals surface area (Å²) in [7, 11) is 0. The topological polar surface area (TPSA) is 95.9 Å². The van der Waals surface area contributed by atoms with Crippen LogP contribution in [0.1, 0.15) is 233 Å². The van der Waals surface area contributed by atoms with Crippen LogP contribution in [-0.2, 0) is 14.3 Å². The van der Waals surface area contributed by atoms with Crippen molar-refractivity contribution in [2.45, 2.75) is 251 Å². The summed E-state index contributed by atoms with van der Waals surface area (Å²) in [6.45, 7) is 6.30. The highest BCUT2D eigenvalue weighted by molar-refractivity contribution is 5.77. The van der Waals surface area contributed by atoms with E-state index in [1.165, 1.54) is 128 Å². The first-order valence-electron chi connectivity index (χ1n) is 25.9. The number of ether oxygens (including phenoxy) is 1. The Bertz CT molecular complexity index is 1200. The van der Waals surface area contributed by atoms with Gasteiger partial charge in [0.1, 0.15) is 6.10 Å². The van der Waals surface area contributed by atoms with E-state index < -0.39 is 18.2 Å². The van der Waals surface area contributed by atoms with Crippen LogP contribution in [0.2, 0.25) is 0 Å². The normalized spacial score (nSPS) is 14.0. The second kappa shape index (κ2) is 49.1. The van der Waals surface area contributed by atoms with Crippen molar-refractivity contribution >= 4 is 11.9 Å². The van der Waals surface area contributed by atoms with Crippen molar-refractivity contribution in [1.82, 2.24) is 5.32 Å². The first kappa shape index (κ1) is 59.0. The summed E-state index contributed by atoms with van der Waals surface area (Å²) < 4.78 is 5.90. The van der Waals surface area contributed by atoms with Crippen molar-refractivity contribution in [1.29, 1.82) is 0 Å². The van der Waals surface area contributed by atoms with E-state index in [4.69, 9.17) is 4.74 Å². The molecule has 3 atom stereocenters. The molecule has 0 aromatic heterocycles. The van der Waals surface area contributed by atoms with Gasteiger partial charge in [-0.15, -0.1) is 0 Å². The molecule has 6 heteroatoms. The molecule has 0 aliphatic rings. The highest BCUT2D eigenvalue weighted by Gasteiger charge is 2.24. The summed E-state index contributed by atoms with van der Waals surface area (Å²) in [5, 5.41) is 23.7. The Labute approximate surface area is 383 Å². The number of aliphatic hydroxyl groups excluding tert-OH is 2. The number of esters is 1. The fourth-order valence-electron chi connectivity index (χ4n) is 7.46.